The average molecular weight is 435 g/mol. The van der Waals surface area contributed by atoms with Gasteiger partial charge < -0.3 is 19.5 Å². The Kier molecular flexibility index (Phi) is 7.38. The fourth-order valence-corrected chi connectivity index (χ4v) is 4.57. The van der Waals surface area contributed by atoms with Crippen molar-refractivity contribution >= 4 is 34.9 Å². The molecule has 1 aromatic rings. The number of imide groups is 1. The highest BCUT2D eigenvalue weighted by atomic mass is 32.2. The number of hydrogen-bond acceptors (Lipinski definition) is 7. The number of aliphatic hydroxyl groups is 1. The molecule has 3 amide bonds. The molecule has 1 unspecified atom stereocenters. The van der Waals surface area contributed by atoms with E-state index in [0.29, 0.717) is 30.0 Å². The summed E-state index contributed by atoms with van der Waals surface area (Å²) in [6.07, 6.45) is 4.83. The van der Waals surface area contributed by atoms with Crippen molar-refractivity contribution in [2.75, 3.05) is 33.9 Å². The Balaban J connectivity index is 1.73. The molecule has 8 nitrogen and oxygen atoms in total. The number of hydrogen-bond donors (Lipinski definition) is 1. The highest BCUT2D eigenvalue weighted by Crippen LogP contribution is 2.34. The molecule has 0 spiro atoms. The Hall–Kier alpha value is -2.52. The molecule has 162 valence electrons. The molecule has 2 saturated heterocycles. The third kappa shape index (κ3) is 4.79. The zero-order chi connectivity index (χ0) is 21.7. The monoisotopic (exact) mass is 434 g/mol. The summed E-state index contributed by atoms with van der Waals surface area (Å²) in [4.78, 5) is 40.9. The number of carbonyl (C=O) groups is 3. The van der Waals surface area contributed by atoms with E-state index in [2.05, 4.69) is 0 Å². The lowest BCUT2D eigenvalue weighted by Crippen LogP contribution is -2.49. The van der Waals surface area contributed by atoms with Gasteiger partial charge in [0.25, 0.3) is 11.1 Å². The van der Waals surface area contributed by atoms with Gasteiger partial charge in [-0.2, -0.15) is 0 Å². The predicted molar refractivity (Wildman–Crippen MR) is 113 cm³/mol. The summed E-state index contributed by atoms with van der Waals surface area (Å²) in [6.45, 7) is 0.307. The molecular weight excluding hydrogens is 408 g/mol. The summed E-state index contributed by atoms with van der Waals surface area (Å²) in [6, 6.07) is 5.15. The molecule has 0 aromatic heterocycles. The highest BCUT2D eigenvalue weighted by Gasteiger charge is 2.38. The van der Waals surface area contributed by atoms with Gasteiger partial charge in [0, 0.05) is 19.2 Å². The molecule has 0 bridgehead atoms. The van der Waals surface area contributed by atoms with Crippen LogP contribution < -0.4 is 9.47 Å². The van der Waals surface area contributed by atoms with E-state index in [-0.39, 0.29) is 30.0 Å². The highest BCUT2D eigenvalue weighted by molar-refractivity contribution is 8.18. The van der Waals surface area contributed by atoms with Crippen LogP contribution in [0, 0.1) is 0 Å². The van der Waals surface area contributed by atoms with E-state index >= 15 is 0 Å². The van der Waals surface area contributed by atoms with Crippen LogP contribution in [0.1, 0.15) is 31.2 Å². The van der Waals surface area contributed by atoms with E-state index < -0.39 is 11.1 Å². The first-order valence-corrected chi connectivity index (χ1v) is 10.7. The number of nitrogens with zero attached hydrogens (tertiary/aromatic N) is 2. The minimum absolute atomic E-state index is 0.00405. The molecular formula is C21H26N2O6S. The van der Waals surface area contributed by atoms with Gasteiger partial charge in [0.05, 0.1) is 19.1 Å². The second-order valence-electron chi connectivity index (χ2n) is 7.13. The number of likely N-dealkylation sites (tertiary alicyclic amines) is 1. The number of benzene rings is 1. The number of carbonyl (C=O) groups excluding carboxylic acids is 3. The summed E-state index contributed by atoms with van der Waals surface area (Å²) >= 11 is 0.815. The number of aliphatic hydroxyl groups excluding tert-OH is 1. The second-order valence-corrected chi connectivity index (χ2v) is 8.12. The van der Waals surface area contributed by atoms with Crippen LogP contribution in [0.2, 0.25) is 0 Å². The first-order valence-electron chi connectivity index (χ1n) is 9.86. The summed E-state index contributed by atoms with van der Waals surface area (Å²) in [7, 11) is 3.05. The first-order chi connectivity index (χ1) is 14.5. The van der Waals surface area contributed by atoms with E-state index in [9.17, 15) is 19.5 Å². The minimum atomic E-state index is -0.483. The standard InChI is InChI=1S/C21H26N2O6S/c1-28-16-7-6-14(11-17(16)29-2)12-18-20(26)23(21(27)30-18)13-19(25)22-9-4-3-5-15(22)8-10-24/h6-7,11-12,15,24H,3-5,8-10,13H2,1-2H3. The maximum atomic E-state index is 12.8. The summed E-state index contributed by atoms with van der Waals surface area (Å²) in [5.41, 5.74) is 0.684. The van der Waals surface area contributed by atoms with Gasteiger partial charge in [-0.1, -0.05) is 6.07 Å². The number of rotatable bonds is 7. The first kappa shape index (κ1) is 22.2. The molecule has 0 aliphatic carbocycles. The fraction of sp³-hybridized carbons (Fsp3) is 0.476. The minimum Gasteiger partial charge on any atom is -0.493 e. The maximum Gasteiger partial charge on any atom is 0.294 e. The van der Waals surface area contributed by atoms with Crippen molar-refractivity contribution in [1.82, 2.24) is 9.80 Å². The van der Waals surface area contributed by atoms with Crippen LogP contribution in [0.25, 0.3) is 6.08 Å². The molecule has 2 aliphatic rings. The van der Waals surface area contributed by atoms with Gasteiger partial charge in [-0.25, -0.2) is 0 Å². The Morgan fingerprint density at radius 1 is 1.23 bits per heavy atom. The molecule has 2 fully saturated rings. The molecule has 1 aromatic carbocycles. The molecule has 1 N–H and O–H groups in total. The van der Waals surface area contributed by atoms with Gasteiger partial charge >= 0.3 is 0 Å². The lowest BCUT2D eigenvalue weighted by Gasteiger charge is -2.36. The van der Waals surface area contributed by atoms with Crippen molar-refractivity contribution in [3.63, 3.8) is 0 Å². The van der Waals surface area contributed by atoms with Gasteiger partial charge in [0.1, 0.15) is 6.54 Å². The molecule has 2 aliphatic heterocycles. The molecule has 9 heteroatoms. The van der Waals surface area contributed by atoms with E-state index in [4.69, 9.17) is 9.47 Å². The van der Waals surface area contributed by atoms with Crippen LogP contribution in [-0.2, 0) is 9.59 Å². The topological polar surface area (TPSA) is 96.4 Å². The van der Waals surface area contributed by atoms with Crippen LogP contribution in [-0.4, -0.2) is 71.9 Å². The van der Waals surface area contributed by atoms with E-state index in [1.165, 1.54) is 14.2 Å². The van der Waals surface area contributed by atoms with Crippen LogP contribution >= 0.6 is 11.8 Å². The molecule has 30 heavy (non-hydrogen) atoms. The lowest BCUT2D eigenvalue weighted by molar-refractivity contribution is -0.139. The smallest absolute Gasteiger partial charge is 0.294 e. The van der Waals surface area contributed by atoms with Crippen molar-refractivity contribution in [3.05, 3.63) is 28.7 Å². The molecule has 3 rings (SSSR count). The van der Waals surface area contributed by atoms with Crippen molar-refractivity contribution < 1.29 is 29.0 Å². The normalized spacial score (nSPS) is 20.8. The number of amides is 3. The van der Waals surface area contributed by atoms with Gasteiger partial charge in [-0.15, -0.1) is 0 Å². The largest absolute Gasteiger partial charge is 0.493 e. The van der Waals surface area contributed by atoms with E-state index in [1.807, 2.05) is 0 Å². The SMILES string of the molecule is COc1ccc(C=C2SC(=O)N(CC(=O)N3CCCCC3CCO)C2=O)cc1OC. The number of methoxy groups -OCH3 is 2. The Morgan fingerprint density at radius 2 is 2.00 bits per heavy atom. The van der Waals surface area contributed by atoms with Gasteiger partial charge in [-0.3, -0.25) is 19.3 Å². The Bertz CT molecular complexity index is 854. The fourth-order valence-electron chi connectivity index (χ4n) is 3.73. The van der Waals surface area contributed by atoms with Crippen LogP contribution in [0.5, 0.6) is 11.5 Å². The summed E-state index contributed by atoms with van der Waals surface area (Å²) in [5, 5.41) is 8.79. The second kappa shape index (κ2) is 9.99. The number of thioether (sulfide) groups is 1. The van der Waals surface area contributed by atoms with Crippen molar-refractivity contribution in [1.29, 1.82) is 0 Å². The van der Waals surface area contributed by atoms with Gasteiger partial charge in [0.15, 0.2) is 11.5 Å². The predicted octanol–water partition coefficient (Wildman–Crippen LogP) is 2.50. The summed E-state index contributed by atoms with van der Waals surface area (Å²) in [5.74, 6) is 0.333. The van der Waals surface area contributed by atoms with Gasteiger partial charge in [0.2, 0.25) is 5.91 Å². The summed E-state index contributed by atoms with van der Waals surface area (Å²) < 4.78 is 10.5. The maximum absolute atomic E-state index is 12.8. The van der Waals surface area contributed by atoms with Crippen LogP contribution in [0.3, 0.4) is 0 Å². The quantitative estimate of drug-likeness (QED) is 0.659. The number of piperidine rings is 1. The van der Waals surface area contributed by atoms with Crippen molar-refractivity contribution in [3.8, 4) is 11.5 Å². The average Bonchev–Trinajstić information content (AvgIpc) is 3.01. The zero-order valence-corrected chi connectivity index (χ0v) is 17.9. The third-order valence-electron chi connectivity index (χ3n) is 5.28. The molecule has 2 heterocycles. The number of ether oxygens (including phenoxy) is 2. The molecule has 0 saturated carbocycles. The van der Waals surface area contributed by atoms with Crippen LogP contribution in [0.15, 0.2) is 23.1 Å². The molecule has 1 atom stereocenters. The van der Waals surface area contributed by atoms with E-state index in [0.717, 1.165) is 35.9 Å². The zero-order valence-electron chi connectivity index (χ0n) is 17.1. The lowest BCUT2D eigenvalue weighted by atomic mass is 9.99. The van der Waals surface area contributed by atoms with Gasteiger partial charge in [-0.05, 0) is 61.2 Å². The van der Waals surface area contributed by atoms with E-state index in [1.54, 1.807) is 29.2 Å². The van der Waals surface area contributed by atoms with Crippen molar-refractivity contribution in [2.45, 2.75) is 31.7 Å². The van der Waals surface area contributed by atoms with Crippen molar-refractivity contribution in [2.24, 2.45) is 0 Å². The third-order valence-corrected chi connectivity index (χ3v) is 6.19. The molecule has 0 radical (unpaired) electrons. The van der Waals surface area contributed by atoms with Crippen LogP contribution in [0.4, 0.5) is 4.79 Å². The Morgan fingerprint density at radius 3 is 2.70 bits per heavy atom. The Labute approximate surface area is 179 Å².